The highest BCUT2D eigenvalue weighted by molar-refractivity contribution is 9.10. The summed E-state index contributed by atoms with van der Waals surface area (Å²) in [4.78, 5) is 27.5. The van der Waals surface area contributed by atoms with Crippen molar-refractivity contribution in [2.45, 2.75) is 13.0 Å². The quantitative estimate of drug-likeness (QED) is 0.332. The van der Waals surface area contributed by atoms with E-state index < -0.39 is 17.7 Å². The van der Waals surface area contributed by atoms with Crippen LogP contribution >= 0.6 is 15.9 Å². The average Bonchev–Trinajstić information content (AvgIpc) is 2.99. The predicted octanol–water partition coefficient (Wildman–Crippen LogP) is 5.38. The number of hydrogen-bond acceptors (Lipinski definition) is 3. The van der Waals surface area contributed by atoms with Crippen molar-refractivity contribution in [2.75, 3.05) is 4.90 Å². The molecule has 0 unspecified atom stereocenters. The SMILES string of the molecule is Cc1ccc([C@H]2C(=C(O)c3ccccc3)C(=O)C(=O)N2c2cccc(Br)c2)cc1. The number of aryl methyl sites for hydroxylation is 1. The van der Waals surface area contributed by atoms with Crippen LogP contribution in [0.5, 0.6) is 0 Å². The van der Waals surface area contributed by atoms with Gasteiger partial charge in [-0.3, -0.25) is 14.5 Å². The predicted molar refractivity (Wildman–Crippen MR) is 117 cm³/mol. The largest absolute Gasteiger partial charge is 0.507 e. The number of carbonyl (C=O) groups excluding carboxylic acids is 2. The summed E-state index contributed by atoms with van der Waals surface area (Å²) in [6.07, 6.45) is 0. The molecular weight excluding hydrogens is 430 g/mol. The summed E-state index contributed by atoms with van der Waals surface area (Å²) in [6, 6.07) is 22.9. The minimum Gasteiger partial charge on any atom is -0.507 e. The maximum atomic E-state index is 13.0. The summed E-state index contributed by atoms with van der Waals surface area (Å²) < 4.78 is 0.794. The van der Waals surface area contributed by atoms with E-state index in [4.69, 9.17) is 0 Å². The van der Waals surface area contributed by atoms with Gasteiger partial charge >= 0.3 is 0 Å². The smallest absolute Gasteiger partial charge is 0.300 e. The second-order valence-electron chi connectivity index (χ2n) is 6.93. The van der Waals surface area contributed by atoms with Gasteiger partial charge in [-0.05, 0) is 30.7 Å². The molecule has 1 aliphatic rings. The van der Waals surface area contributed by atoms with Gasteiger partial charge in [-0.25, -0.2) is 0 Å². The Balaban J connectivity index is 1.96. The second kappa shape index (κ2) is 7.68. The fraction of sp³-hybridized carbons (Fsp3) is 0.0833. The van der Waals surface area contributed by atoms with Gasteiger partial charge in [-0.15, -0.1) is 0 Å². The van der Waals surface area contributed by atoms with Crippen LogP contribution in [0, 0.1) is 6.92 Å². The van der Waals surface area contributed by atoms with Crippen LogP contribution < -0.4 is 4.90 Å². The Labute approximate surface area is 177 Å². The van der Waals surface area contributed by atoms with E-state index >= 15 is 0 Å². The Kier molecular flexibility index (Phi) is 5.07. The number of aliphatic hydroxyl groups is 1. The third-order valence-electron chi connectivity index (χ3n) is 4.97. The third-order valence-corrected chi connectivity index (χ3v) is 5.46. The number of Topliss-reactive ketones (excluding diaryl/α,β-unsaturated/α-hetero) is 1. The zero-order valence-electron chi connectivity index (χ0n) is 15.7. The van der Waals surface area contributed by atoms with Crippen LogP contribution in [0.3, 0.4) is 0 Å². The zero-order valence-corrected chi connectivity index (χ0v) is 17.3. The fourth-order valence-corrected chi connectivity index (χ4v) is 3.93. The van der Waals surface area contributed by atoms with E-state index in [9.17, 15) is 14.7 Å². The monoisotopic (exact) mass is 447 g/mol. The standard InChI is InChI=1S/C24H18BrNO3/c1-15-10-12-16(13-11-15)21-20(22(27)17-6-3-2-4-7-17)23(28)24(29)26(21)19-9-5-8-18(25)14-19/h2-14,21,27H,1H3/t21-/m0/s1. The van der Waals surface area contributed by atoms with Crippen molar-refractivity contribution in [1.29, 1.82) is 0 Å². The van der Waals surface area contributed by atoms with Gasteiger partial charge in [0.15, 0.2) is 0 Å². The number of ketones is 1. The van der Waals surface area contributed by atoms with Gasteiger partial charge < -0.3 is 5.11 Å². The van der Waals surface area contributed by atoms with Crippen molar-refractivity contribution in [2.24, 2.45) is 0 Å². The molecule has 0 bridgehead atoms. The minimum atomic E-state index is -0.717. The lowest BCUT2D eigenvalue weighted by Gasteiger charge is -2.25. The van der Waals surface area contributed by atoms with E-state index in [0.717, 1.165) is 15.6 Å². The lowest BCUT2D eigenvalue weighted by atomic mass is 9.94. The molecule has 0 aliphatic carbocycles. The topological polar surface area (TPSA) is 57.6 Å². The number of amides is 1. The number of hydrogen-bond donors (Lipinski definition) is 1. The number of rotatable bonds is 3. The summed E-state index contributed by atoms with van der Waals surface area (Å²) in [6.45, 7) is 1.97. The van der Waals surface area contributed by atoms with E-state index in [1.807, 2.05) is 49.4 Å². The second-order valence-corrected chi connectivity index (χ2v) is 7.84. The lowest BCUT2D eigenvalue weighted by Crippen LogP contribution is -2.29. The normalized spacial score (nSPS) is 18.3. The molecule has 0 saturated carbocycles. The molecule has 0 radical (unpaired) electrons. The summed E-state index contributed by atoms with van der Waals surface area (Å²) >= 11 is 3.43. The highest BCUT2D eigenvalue weighted by Crippen LogP contribution is 2.42. The van der Waals surface area contributed by atoms with E-state index in [1.165, 1.54) is 4.90 Å². The van der Waals surface area contributed by atoms with Crippen molar-refractivity contribution in [1.82, 2.24) is 0 Å². The van der Waals surface area contributed by atoms with Crippen LogP contribution in [0.1, 0.15) is 22.7 Å². The molecule has 5 heteroatoms. The molecule has 3 aromatic rings. The summed E-state index contributed by atoms with van der Waals surface area (Å²) in [7, 11) is 0. The van der Waals surface area contributed by atoms with Gasteiger partial charge in [0, 0.05) is 15.7 Å². The average molecular weight is 448 g/mol. The molecule has 4 rings (SSSR count). The number of halogens is 1. The number of nitrogens with zero attached hydrogens (tertiary/aromatic N) is 1. The molecule has 0 aromatic heterocycles. The van der Waals surface area contributed by atoms with Gasteiger partial charge in [0.1, 0.15) is 5.76 Å². The molecule has 1 aliphatic heterocycles. The van der Waals surface area contributed by atoms with Crippen molar-refractivity contribution >= 4 is 39.1 Å². The zero-order chi connectivity index (χ0) is 20.5. The molecule has 1 amide bonds. The van der Waals surface area contributed by atoms with E-state index in [-0.39, 0.29) is 11.3 Å². The number of aliphatic hydroxyl groups excluding tert-OH is 1. The lowest BCUT2D eigenvalue weighted by molar-refractivity contribution is -0.132. The van der Waals surface area contributed by atoms with Crippen LogP contribution in [0.4, 0.5) is 5.69 Å². The molecule has 1 heterocycles. The Hall–Kier alpha value is -3.18. The molecule has 0 spiro atoms. The van der Waals surface area contributed by atoms with Gasteiger partial charge in [-0.2, -0.15) is 0 Å². The molecule has 1 N–H and O–H groups in total. The minimum absolute atomic E-state index is 0.0880. The van der Waals surface area contributed by atoms with Crippen LogP contribution in [-0.2, 0) is 9.59 Å². The van der Waals surface area contributed by atoms with Gasteiger partial charge in [0.05, 0.1) is 11.6 Å². The number of benzene rings is 3. The van der Waals surface area contributed by atoms with Crippen molar-refractivity contribution in [3.05, 3.63) is 106 Å². The maximum Gasteiger partial charge on any atom is 0.300 e. The van der Waals surface area contributed by atoms with Crippen LogP contribution in [-0.4, -0.2) is 16.8 Å². The summed E-state index contributed by atoms with van der Waals surface area (Å²) in [5.74, 6) is -1.53. The molecular formula is C24H18BrNO3. The molecule has 1 fully saturated rings. The number of anilines is 1. The van der Waals surface area contributed by atoms with Gasteiger partial charge in [0.25, 0.3) is 11.7 Å². The molecule has 4 nitrogen and oxygen atoms in total. The van der Waals surface area contributed by atoms with Crippen LogP contribution in [0.15, 0.2) is 88.9 Å². The van der Waals surface area contributed by atoms with Crippen molar-refractivity contribution in [3.63, 3.8) is 0 Å². The van der Waals surface area contributed by atoms with Crippen molar-refractivity contribution in [3.8, 4) is 0 Å². The first-order valence-corrected chi connectivity index (χ1v) is 9.95. The molecule has 1 saturated heterocycles. The fourth-order valence-electron chi connectivity index (χ4n) is 3.54. The maximum absolute atomic E-state index is 13.0. The highest BCUT2D eigenvalue weighted by atomic mass is 79.9. The summed E-state index contributed by atoms with van der Waals surface area (Å²) in [5.41, 5.74) is 2.99. The highest BCUT2D eigenvalue weighted by Gasteiger charge is 2.46. The van der Waals surface area contributed by atoms with Gasteiger partial charge in [0.2, 0.25) is 0 Å². The first-order chi connectivity index (χ1) is 14.0. The first-order valence-electron chi connectivity index (χ1n) is 9.16. The van der Waals surface area contributed by atoms with E-state index in [0.29, 0.717) is 11.3 Å². The molecule has 1 atom stereocenters. The van der Waals surface area contributed by atoms with Crippen LogP contribution in [0.25, 0.3) is 5.76 Å². The Morgan fingerprint density at radius 1 is 0.931 bits per heavy atom. The van der Waals surface area contributed by atoms with Crippen molar-refractivity contribution < 1.29 is 14.7 Å². The third kappa shape index (κ3) is 3.49. The molecule has 29 heavy (non-hydrogen) atoms. The Morgan fingerprint density at radius 3 is 2.28 bits per heavy atom. The van der Waals surface area contributed by atoms with Crippen LogP contribution in [0.2, 0.25) is 0 Å². The Morgan fingerprint density at radius 2 is 1.62 bits per heavy atom. The number of carbonyl (C=O) groups is 2. The molecule has 144 valence electrons. The van der Waals surface area contributed by atoms with Gasteiger partial charge in [-0.1, -0.05) is 82.2 Å². The van der Waals surface area contributed by atoms with E-state index in [2.05, 4.69) is 15.9 Å². The molecule has 3 aromatic carbocycles. The van der Waals surface area contributed by atoms with E-state index in [1.54, 1.807) is 36.4 Å². The summed E-state index contributed by atoms with van der Waals surface area (Å²) in [5, 5.41) is 11.0. The first kappa shape index (κ1) is 19.2. The Bertz CT molecular complexity index is 1120.